The number of nitrogens with zero attached hydrogens (tertiary/aromatic N) is 4. The molecule has 22 heavy (non-hydrogen) atoms. The molecule has 0 radical (unpaired) electrons. The quantitative estimate of drug-likeness (QED) is 0.879. The van der Waals surface area contributed by atoms with E-state index in [0.29, 0.717) is 5.69 Å². The number of carbonyl (C=O) groups is 1. The van der Waals surface area contributed by atoms with Crippen molar-refractivity contribution in [3.05, 3.63) is 48.2 Å². The first kappa shape index (κ1) is 15.9. The topological polar surface area (TPSA) is 71.0 Å². The van der Waals surface area contributed by atoms with Crippen LogP contribution in [0.4, 0.5) is 5.82 Å². The number of amides is 1. The van der Waals surface area contributed by atoms with Crippen molar-refractivity contribution in [2.75, 3.05) is 18.5 Å². The van der Waals surface area contributed by atoms with Gasteiger partial charge in [0.1, 0.15) is 17.8 Å². The number of hydrogen-bond acceptors (Lipinski definition) is 5. The Morgan fingerprint density at radius 2 is 2.00 bits per heavy atom. The normalized spacial score (nSPS) is 10.5. The first-order valence-corrected chi connectivity index (χ1v) is 7.29. The Labute approximate surface area is 130 Å². The molecule has 2 heterocycles. The molecule has 2 aromatic rings. The second-order valence-electron chi connectivity index (χ2n) is 5.42. The molecule has 0 unspecified atom stereocenters. The summed E-state index contributed by atoms with van der Waals surface area (Å²) < 4.78 is 0. The summed E-state index contributed by atoms with van der Waals surface area (Å²) in [4.78, 5) is 26.3. The number of rotatable bonds is 6. The number of aromatic nitrogens is 3. The molecular formula is C16H21N5O. The lowest BCUT2D eigenvalue weighted by Crippen LogP contribution is -2.31. The lowest BCUT2D eigenvalue weighted by Gasteiger charge is -2.18. The molecule has 0 fully saturated rings. The Balaban J connectivity index is 2.00. The Hall–Kier alpha value is -2.50. The summed E-state index contributed by atoms with van der Waals surface area (Å²) in [5.41, 5.74) is 1.60. The molecule has 2 aromatic heterocycles. The molecule has 0 aliphatic heterocycles. The van der Waals surface area contributed by atoms with Gasteiger partial charge in [-0.1, -0.05) is 0 Å². The van der Waals surface area contributed by atoms with Crippen LogP contribution >= 0.6 is 0 Å². The number of carbonyl (C=O) groups excluding carboxylic acids is 1. The fourth-order valence-corrected chi connectivity index (χ4v) is 1.98. The van der Waals surface area contributed by atoms with Crippen LogP contribution in [0.5, 0.6) is 0 Å². The maximum atomic E-state index is 12.0. The van der Waals surface area contributed by atoms with E-state index in [1.165, 1.54) is 11.9 Å². The minimum atomic E-state index is -0.179. The minimum Gasteiger partial charge on any atom is -0.359 e. The van der Waals surface area contributed by atoms with Gasteiger partial charge in [0, 0.05) is 38.1 Å². The van der Waals surface area contributed by atoms with Gasteiger partial charge in [-0.2, -0.15) is 0 Å². The zero-order valence-electron chi connectivity index (χ0n) is 13.2. The summed E-state index contributed by atoms with van der Waals surface area (Å²) in [6, 6.07) is 5.78. The third-order valence-electron chi connectivity index (χ3n) is 3.18. The van der Waals surface area contributed by atoms with Gasteiger partial charge in [-0.25, -0.2) is 9.97 Å². The van der Waals surface area contributed by atoms with Crippen LogP contribution in [0.2, 0.25) is 0 Å². The van der Waals surface area contributed by atoms with Crippen LogP contribution in [-0.2, 0) is 6.42 Å². The van der Waals surface area contributed by atoms with Gasteiger partial charge in [-0.3, -0.25) is 9.78 Å². The number of anilines is 1. The molecule has 0 saturated heterocycles. The van der Waals surface area contributed by atoms with Crippen molar-refractivity contribution in [2.24, 2.45) is 0 Å². The van der Waals surface area contributed by atoms with Crippen molar-refractivity contribution in [3.8, 4) is 0 Å². The number of nitrogens with one attached hydrogen (secondary N) is 1. The standard InChI is InChI=1S/C16H21N5O/c1-12(2)20-16(22)14-10-15(19-11-18-14)21(3)9-6-13-4-7-17-8-5-13/h4-5,7-8,10-12H,6,9H2,1-3H3,(H,20,22). The summed E-state index contributed by atoms with van der Waals surface area (Å²) in [6.07, 6.45) is 5.88. The minimum absolute atomic E-state index is 0.0790. The average molecular weight is 299 g/mol. The first-order chi connectivity index (χ1) is 10.6. The Kier molecular flexibility index (Phi) is 5.41. The summed E-state index contributed by atoms with van der Waals surface area (Å²) >= 11 is 0. The third-order valence-corrected chi connectivity index (χ3v) is 3.18. The molecule has 0 aliphatic rings. The van der Waals surface area contributed by atoms with Gasteiger partial charge in [0.15, 0.2) is 0 Å². The molecule has 6 heteroatoms. The van der Waals surface area contributed by atoms with E-state index in [-0.39, 0.29) is 11.9 Å². The van der Waals surface area contributed by atoms with Gasteiger partial charge >= 0.3 is 0 Å². The SMILES string of the molecule is CC(C)NC(=O)c1cc(N(C)CCc2ccncc2)ncn1. The first-order valence-electron chi connectivity index (χ1n) is 7.29. The zero-order chi connectivity index (χ0) is 15.9. The highest BCUT2D eigenvalue weighted by Gasteiger charge is 2.11. The number of pyridine rings is 1. The van der Waals surface area contributed by atoms with Crippen molar-refractivity contribution in [1.29, 1.82) is 0 Å². The lowest BCUT2D eigenvalue weighted by atomic mass is 10.2. The zero-order valence-corrected chi connectivity index (χ0v) is 13.2. The molecule has 116 valence electrons. The van der Waals surface area contributed by atoms with Gasteiger partial charge in [-0.15, -0.1) is 0 Å². The van der Waals surface area contributed by atoms with Gasteiger partial charge < -0.3 is 10.2 Å². The van der Waals surface area contributed by atoms with Gasteiger partial charge in [0.2, 0.25) is 0 Å². The Morgan fingerprint density at radius 1 is 1.27 bits per heavy atom. The van der Waals surface area contributed by atoms with Crippen molar-refractivity contribution >= 4 is 11.7 Å². The molecule has 0 spiro atoms. The predicted octanol–water partition coefficient (Wildman–Crippen LogP) is 1.69. The molecule has 6 nitrogen and oxygen atoms in total. The van der Waals surface area contributed by atoms with Crippen LogP contribution in [0.3, 0.4) is 0 Å². The highest BCUT2D eigenvalue weighted by atomic mass is 16.1. The molecule has 0 bridgehead atoms. The second kappa shape index (κ2) is 7.49. The highest BCUT2D eigenvalue weighted by Crippen LogP contribution is 2.10. The Bertz CT molecular complexity index is 615. The molecule has 0 aliphatic carbocycles. The summed E-state index contributed by atoms with van der Waals surface area (Å²) in [5.74, 6) is 0.555. The lowest BCUT2D eigenvalue weighted by molar-refractivity contribution is 0.0938. The third kappa shape index (κ3) is 4.51. The molecule has 1 N–H and O–H groups in total. The monoisotopic (exact) mass is 299 g/mol. The van der Waals surface area contributed by atoms with E-state index in [4.69, 9.17) is 0 Å². The smallest absolute Gasteiger partial charge is 0.270 e. The summed E-state index contributed by atoms with van der Waals surface area (Å²) in [6.45, 7) is 4.63. The van der Waals surface area contributed by atoms with Crippen LogP contribution in [-0.4, -0.2) is 40.5 Å². The van der Waals surface area contributed by atoms with Gasteiger partial charge in [0.05, 0.1) is 0 Å². The largest absolute Gasteiger partial charge is 0.359 e. The molecule has 2 rings (SSSR count). The van der Waals surface area contributed by atoms with Crippen molar-refractivity contribution in [3.63, 3.8) is 0 Å². The second-order valence-corrected chi connectivity index (χ2v) is 5.42. The fraction of sp³-hybridized carbons (Fsp3) is 0.375. The maximum absolute atomic E-state index is 12.0. The van der Waals surface area contributed by atoms with Crippen LogP contribution in [0.1, 0.15) is 29.9 Å². The number of likely N-dealkylation sites (N-methyl/N-ethyl adjacent to an activating group) is 1. The molecular weight excluding hydrogens is 278 g/mol. The van der Waals surface area contributed by atoms with Crippen molar-refractivity contribution in [1.82, 2.24) is 20.3 Å². The van der Waals surface area contributed by atoms with E-state index in [0.717, 1.165) is 18.8 Å². The Morgan fingerprint density at radius 3 is 2.68 bits per heavy atom. The summed E-state index contributed by atoms with van der Waals surface area (Å²) in [7, 11) is 1.95. The average Bonchev–Trinajstić information content (AvgIpc) is 2.53. The van der Waals surface area contributed by atoms with Crippen LogP contribution in [0.25, 0.3) is 0 Å². The van der Waals surface area contributed by atoms with Crippen molar-refractivity contribution < 1.29 is 4.79 Å². The van der Waals surface area contributed by atoms with E-state index in [1.54, 1.807) is 18.5 Å². The van der Waals surface area contributed by atoms with E-state index in [9.17, 15) is 4.79 Å². The molecule has 0 saturated carbocycles. The number of hydrogen-bond donors (Lipinski definition) is 1. The van der Waals surface area contributed by atoms with Gasteiger partial charge in [0.25, 0.3) is 5.91 Å². The maximum Gasteiger partial charge on any atom is 0.270 e. The van der Waals surface area contributed by atoms with Gasteiger partial charge in [-0.05, 0) is 38.0 Å². The van der Waals surface area contributed by atoms with E-state index in [1.807, 2.05) is 37.9 Å². The van der Waals surface area contributed by atoms with E-state index < -0.39 is 0 Å². The molecule has 0 atom stereocenters. The molecule has 1 amide bonds. The van der Waals surface area contributed by atoms with Crippen LogP contribution in [0.15, 0.2) is 36.9 Å². The molecule has 0 aromatic carbocycles. The van der Waals surface area contributed by atoms with E-state index >= 15 is 0 Å². The van der Waals surface area contributed by atoms with Crippen LogP contribution < -0.4 is 10.2 Å². The predicted molar refractivity (Wildman–Crippen MR) is 85.8 cm³/mol. The fourth-order valence-electron chi connectivity index (χ4n) is 1.98. The van der Waals surface area contributed by atoms with Crippen molar-refractivity contribution in [2.45, 2.75) is 26.3 Å². The summed E-state index contributed by atoms with van der Waals surface area (Å²) in [5, 5.41) is 2.83. The van der Waals surface area contributed by atoms with Crippen LogP contribution in [0, 0.1) is 0 Å². The van der Waals surface area contributed by atoms with E-state index in [2.05, 4.69) is 20.3 Å². The highest BCUT2D eigenvalue weighted by molar-refractivity contribution is 5.93.